The monoisotopic (exact) mass is 269 g/mol. The first kappa shape index (κ1) is 12.5. The summed E-state index contributed by atoms with van der Waals surface area (Å²) >= 11 is 5.66. The predicted molar refractivity (Wildman–Crippen MR) is 62.4 cm³/mol. The second kappa shape index (κ2) is 4.73. The second-order valence-corrected chi connectivity index (χ2v) is 4.14. The largest absolute Gasteiger partial charge is 0.481 e. The molecule has 0 aliphatic carbocycles. The molecule has 2 rings (SSSR count). The number of halogens is 2. The summed E-state index contributed by atoms with van der Waals surface area (Å²) in [6.07, 6.45) is -0.249. The van der Waals surface area contributed by atoms with Crippen molar-refractivity contribution in [2.24, 2.45) is 0 Å². The van der Waals surface area contributed by atoms with Gasteiger partial charge in [0.15, 0.2) is 0 Å². The van der Waals surface area contributed by atoms with Gasteiger partial charge in [-0.2, -0.15) is 0 Å². The fraction of sp³-hybridized carbons (Fsp3) is 0.182. The van der Waals surface area contributed by atoms with Gasteiger partial charge in [0, 0.05) is 5.02 Å². The Morgan fingerprint density at radius 3 is 2.89 bits per heavy atom. The van der Waals surface area contributed by atoms with Crippen molar-refractivity contribution in [1.82, 2.24) is 15.0 Å². The number of carboxylic acid groups (broad SMARTS) is 1. The van der Waals surface area contributed by atoms with E-state index in [1.54, 1.807) is 6.92 Å². The highest BCUT2D eigenvalue weighted by Crippen LogP contribution is 2.19. The van der Waals surface area contributed by atoms with E-state index < -0.39 is 11.8 Å². The first-order chi connectivity index (χ1) is 8.49. The van der Waals surface area contributed by atoms with Crippen LogP contribution in [0.1, 0.15) is 11.4 Å². The highest BCUT2D eigenvalue weighted by molar-refractivity contribution is 6.30. The van der Waals surface area contributed by atoms with E-state index in [4.69, 9.17) is 16.7 Å². The molecule has 0 aliphatic rings. The van der Waals surface area contributed by atoms with Crippen LogP contribution in [0.4, 0.5) is 4.39 Å². The van der Waals surface area contributed by atoms with Crippen LogP contribution in [-0.4, -0.2) is 26.1 Å². The van der Waals surface area contributed by atoms with E-state index >= 15 is 0 Å². The van der Waals surface area contributed by atoms with Gasteiger partial charge in [-0.3, -0.25) is 4.79 Å². The van der Waals surface area contributed by atoms with Gasteiger partial charge in [0.25, 0.3) is 0 Å². The summed E-state index contributed by atoms with van der Waals surface area (Å²) in [7, 11) is 0. The third-order valence-corrected chi connectivity index (χ3v) is 2.68. The Kier molecular flexibility index (Phi) is 3.29. The van der Waals surface area contributed by atoms with Crippen molar-refractivity contribution in [3.05, 3.63) is 40.4 Å². The molecule has 1 heterocycles. The van der Waals surface area contributed by atoms with Crippen molar-refractivity contribution >= 4 is 17.6 Å². The summed E-state index contributed by atoms with van der Waals surface area (Å²) in [4.78, 5) is 10.6. The van der Waals surface area contributed by atoms with E-state index in [0.29, 0.717) is 11.4 Å². The van der Waals surface area contributed by atoms with Crippen molar-refractivity contribution in [2.75, 3.05) is 0 Å². The Bertz CT molecular complexity index is 612. The van der Waals surface area contributed by atoms with Gasteiger partial charge < -0.3 is 5.11 Å². The quantitative estimate of drug-likeness (QED) is 0.925. The van der Waals surface area contributed by atoms with E-state index in [1.165, 1.54) is 16.8 Å². The Morgan fingerprint density at radius 2 is 2.28 bits per heavy atom. The number of benzene rings is 1. The molecule has 2 aromatic rings. The maximum absolute atomic E-state index is 13.7. The number of nitrogens with zero attached hydrogens (tertiary/aromatic N) is 3. The molecular formula is C11H9ClFN3O2. The van der Waals surface area contributed by atoms with E-state index in [1.807, 2.05) is 0 Å². The molecular weight excluding hydrogens is 261 g/mol. The highest BCUT2D eigenvalue weighted by Gasteiger charge is 2.15. The topological polar surface area (TPSA) is 68.0 Å². The maximum Gasteiger partial charge on any atom is 0.309 e. The van der Waals surface area contributed by atoms with Crippen LogP contribution in [-0.2, 0) is 11.2 Å². The zero-order chi connectivity index (χ0) is 13.3. The minimum Gasteiger partial charge on any atom is -0.481 e. The normalized spacial score (nSPS) is 10.6. The molecule has 0 amide bonds. The van der Waals surface area contributed by atoms with Crippen molar-refractivity contribution in [3.8, 4) is 5.69 Å². The summed E-state index contributed by atoms with van der Waals surface area (Å²) in [6, 6.07) is 4.15. The summed E-state index contributed by atoms with van der Waals surface area (Å²) < 4.78 is 15.0. The zero-order valence-corrected chi connectivity index (χ0v) is 10.1. The average molecular weight is 270 g/mol. The number of hydrogen-bond donors (Lipinski definition) is 1. The Morgan fingerprint density at radius 1 is 1.56 bits per heavy atom. The van der Waals surface area contributed by atoms with Crippen molar-refractivity contribution in [1.29, 1.82) is 0 Å². The van der Waals surface area contributed by atoms with Crippen molar-refractivity contribution in [3.63, 3.8) is 0 Å². The Hall–Kier alpha value is -1.95. The van der Waals surface area contributed by atoms with Crippen molar-refractivity contribution < 1.29 is 14.3 Å². The molecule has 0 fully saturated rings. The fourth-order valence-corrected chi connectivity index (χ4v) is 1.71. The lowest BCUT2D eigenvalue weighted by molar-refractivity contribution is -0.136. The molecule has 5 nitrogen and oxygen atoms in total. The summed E-state index contributed by atoms with van der Waals surface area (Å²) in [5, 5.41) is 16.4. The molecule has 1 aromatic heterocycles. The van der Waals surface area contributed by atoms with E-state index in [9.17, 15) is 9.18 Å². The summed E-state index contributed by atoms with van der Waals surface area (Å²) in [6.45, 7) is 1.63. The van der Waals surface area contributed by atoms with E-state index in [-0.39, 0.29) is 17.1 Å². The molecule has 0 saturated carbocycles. The Balaban J connectivity index is 2.45. The molecule has 94 valence electrons. The van der Waals surface area contributed by atoms with Gasteiger partial charge in [-0.1, -0.05) is 16.8 Å². The van der Waals surface area contributed by atoms with Crippen LogP contribution >= 0.6 is 11.6 Å². The third kappa shape index (κ3) is 2.33. The lowest BCUT2D eigenvalue weighted by atomic mass is 10.2. The van der Waals surface area contributed by atoms with Gasteiger partial charge in [-0.05, 0) is 25.1 Å². The average Bonchev–Trinajstić information content (AvgIpc) is 2.60. The van der Waals surface area contributed by atoms with Crippen LogP contribution < -0.4 is 0 Å². The maximum atomic E-state index is 13.7. The van der Waals surface area contributed by atoms with Gasteiger partial charge in [-0.25, -0.2) is 9.07 Å². The predicted octanol–water partition coefficient (Wildman–Crippen LogP) is 2.00. The molecule has 1 aromatic carbocycles. The van der Waals surface area contributed by atoms with Gasteiger partial charge in [0.1, 0.15) is 11.5 Å². The van der Waals surface area contributed by atoms with Crippen LogP contribution in [0, 0.1) is 12.7 Å². The number of hydrogen-bond acceptors (Lipinski definition) is 3. The molecule has 0 atom stereocenters. The first-order valence-corrected chi connectivity index (χ1v) is 5.45. The highest BCUT2D eigenvalue weighted by atomic mass is 35.5. The molecule has 7 heteroatoms. The smallest absolute Gasteiger partial charge is 0.309 e. The summed E-state index contributed by atoms with van der Waals surface area (Å²) in [5.41, 5.74) is 0.969. The van der Waals surface area contributed by atoms with Gasteiger partial charge in [0.05, 0.1) is 17.8 Å². The fourth-order valence-electron chi connectivity index (χ4n) is 1.55. The molecule has 18 heavy (non-hydrogen) atoms. The molecule has 0 unspecified atom stereocenters. The second-order valence-electron chi connectivity index (χ2n) is 3.70. The lowest BCUT2D eigenvalue weighted by Crippen LogP contribution is -2.04. The van der Waals surface area contributed by atoms with E-state index in [2.05, 4.69) is 10.3 Å². The Labute approximate surface area is 107 Å². The van der Waals surface area contributed by atoms with Crippen LogP contribution in [0.15, 0.2) is 18.2 Å². The molecule has 0 aliphatic heterocycles. The molecule has 0 spiro atoms. The number of rotatable bonds is 3. The standard InChI is InChI=1S/C11H9ClFN3O2/c1-6-9(5-11(17)18)14-15-16(6)10-3-2-7(12)4-8(10)13/h2-4H,5H2,1H3,(H,17,18). The number of carbonyl (C=O) groups is 1. The molecule has 1 N–H and O–H groups in total. The van der Waals surface area contributed by atoms with Crippen molar-refractivity contribution in [2.45, 2.75) is 13.3 Å². The third-order valence-electron chi connectivity index (χ3n) is 2.45. The number of carboxylic acids is 1. The molecule has 0 saturated heterocycles. The van der Waals surface area contributed by atoms with Gasteiger partial charge in [0.2, 0.25) is 0 Å². The molecule has 0 radical (unpaired) electrons. The van der Waals surface area contributed by atoms with Gasteiger partial charge in [-0.15, -0.1) is 5.10 Å². The molecule has 0 bridgehead atoms. The SMILES string of the molecule is Cc1c(CC(=O)O)nnn1-c1ccc(Cl)cc1F. The first-order valence-electron chi connectivity index (χ1n) is 5.07. The van der Waals surface area contributed by atoms with E-state index in [0.717, 1.165) is 6.07 Å². The van der Waals surface area contributed by atoms with Crippen LogP contribution in [0.2, 0.25) is 5.02 Å². The van der Waals surface area contributed by atoms with Crippen LogP contribution in [0.3, 0.4) is 0 Å². The van der Waals surface area contributed by atoms with Crippen LogP contribution in [0.5, 0.6) is 0 Å². The number of aromatic nitrogens is 3. The minimum absolute atomic E-state index is 0.182. The zero-order valence-electron chi connectivity index (χ0n) is 9.39. The lowest BCUT2D eigenvalue weighted by Gasteiger charge is -2.05. The number of aliphatic carboxylic acids is 1. The summed E-state index contributed by atoms with van der Waals surface area (Å²) in [5.74, 6) is -1.56. The van der Waals surface area contributed by atoms with Gasteiger partial charge >= 0.3 is 5.97 Å². The van der Waals surface area contributed by atoms with Crippen LogP contribution in [0.25, 0.3) is 5.69 Å². The minimum atomic E-state index is -1.01.